The number of amides is 3. The van der Waals surface area contributed by atoms with Crippen molar-refractivity contribution in [3.8, 4) is 11.1 Å². The molecule has 9 heteroatoms. The molecule has 3 aromatic carbocycles. The Labute approximate surface area is 277 Å². The van der Waals surface area contributed by atoms with Crippen molar-refractivity contribution in [1.29, 1.82) is 0 Å². The predicted molar refractivity (Wildman–Crippen MR) is 183 cm³/mol. The van der Waals surface area contributed by atoms with E-state index in [1.165, 1.54) is 0 Å². The minimum Gasteiger partial charge on any atom is -0.481 e. The molecular formula is C37H48N3O5Si. The normalized spacial score (nSPS) is 14.3. The second-order valence-corrected chi connectivity index (χ2v) is 14.8. The zero-order chi connectivity index (χ0) is 34.5. The molecule has 0 saturated heterocycles. The van der Waals surface area contributed by atoms with E-state index in [9.17, 15) is 19.5 Å². The highest BCUT2D eigenvalue weighted by Crippen LogP contribution is 2.40. The average molecular weight is 643 g/mol. The number of imide groups is 1. The molecule has 8 nitrogen and oxygen atoms in total. The lowest BCUT2D eigenvalue weighted by Gasteiger charge is -2.49. The Morgan fingerprint density at radius 3 is 1.83 bits per heavy atom. The molecule has 0 saturated carbocycles. The molecule has 3 N–H and O–H groups in total. The van der Waals surface area contributed by atoms with Crippen molar-refractivity contribution in [2.75, 3.05) is 0 Å². The molecule has 0 aliphatic heterocycles. The minimum atomic E-state index is -1.57. The predicted octanol–water partition coefficient (Wildman–Crippen LogP) is 6.91. The number of benzene rings is 3. The Hall–Kier alpha value is -3.79. The third-order valence-electron chi connectivity index (χ3n) is 7.90. The Bertz CT molecular complexity index is 1490. The van der Waals surface area contributed by atoms with E-state index in [1.54, 1.807) is 0 Å². The van der Waals surface area contributed by atoms with Crippen LogP contribution < -0.4 is 10.6 Å². The number of carbonyl (C=O) groups is 3. The molecule has 2 atom stereocenters. The number of nitrogens with zero attached hydrogens (tertiary/aromatic N) is 1. The summed E-state index contributed by atoms with van der Waals surface area (Å²) < 4.78 is 6.08. The van der Waals surface area contributed by atoms with E-state index in [4.69, 9.17) is 4.43 Å². The Kier molecular flexibility index (Phi) is 11.4. The van der Waals surface area contributed by atoms with Crippen molar-refractivity contribution in [3.63, 3.8) is 0 Å². The van der Waals surface area contributed by atoms with Crippen LogP contribution in [0.3, 0.4) is 0 Å². The molecular weight excluding hydrogens is 595 g/mol. The van der Waals surface area contributed by atoms with Gasteiger partial charge in [0.1, 0.15) is 0 Å². The van der Waals surface area contributed by atoms with E-state index >= 15 is 0 Å². The van der Waals surface area contributed by atoms with Gasteiger partial charge in [-0.25, -0.2) is 4.79 Å². The van der Waals surface area contributed by atoms with E-state index in [1.807, 2.05) is 119 Å². The summed E-state index contributed by atoms with van der Waals surface area (Å²) in [6, 6.07) is 23.4. The maximum absolute atomic E-state index is 13.9. The summed E-state index contributed by atoms with van der Waals surface area (Å²) in [5, 5.41) is 15.0. The minimum absolute atomic E-state index is 0.0217. The largest absolute Gasteiger partial charge is 0.481 e. The lowest BCUT2D eigenvalue weighted by molar-refractivity contribution is -0.139. The first-order valence-electron chi connectivity index (χ1n) is 15.6. The van der Waals surface area contributed by atoms with Gasteiger partial charge in [0.05, 0.1) is 6.04 Å². The molecule has 0 spiro atoms. The first kappa shape index (κ1) is 36.7. The summed E-state index contributed by atoms with van der Waals surface area (Å²) in [6.07, 6.45) is -0.213. The molecule has 3 aromatic rings. The van der Waals surface area contributed by atoms with Crippen LogP contribution in [0.15, 0.2) is 78.9 Å². The SMILES string of the molecule is CC(C)(C)c1ccc(C(NC(=O)NC(=O)[C@H](CCC(=O)O)N(C(C)(C)C)C(C)(C)C)(O[Si])c2ccccc2)c(-c2ccccc2)c1. The number of carboxylic acid groups (broad SMARTS) is 1. The highest BCUT2D eigenvalue weighted by atomic mass is 28.2. The van der Waals surface area contributed by atoms with Gasteiger partial charge in [-0.2, -0.15) is 0 Å². The number of rotatable bonds is 10. The second-order valence-electron chi connectivity index (χ2n) is 14.6. The highest BCUT2D eigenvalue weighted by Gasteiger charge is 2.43. The van der Waals surface area contributed by atoms with Crippen molar-refractivity contribution < 1.29 is 23.9 Å². The van der Waals surface area contributed by atoms with Gasteiger partial charge in [0.25, 0.3) is 10.5 Å². The third-order valence-corrected chi connectivity index (χ3v) is 8.21. The summed E-state index contributed by atoms with van der Waals surface area (Å²) in [5.41, 5.74) is 1.36. The lowest BCUT2D eigenvalue weighted by atomic mass is 9.81. The third kappa shape index (κ3) is 8.72. The number of aliphatic carboxylic acids is 1. The van der Waals surface area contributed by atoms with Crippen LogP contribution in [0.5, 0.6) is 0 Å². The molecule has 0 aliphatic carbocycles. The molecule has 3 rings (SSSR count). The zero-order valence-electron chi connectivity index (χ0n) is 28.5. The van der Waals surface area contributed by atoms with Crippen LogP contribution in [0.25, 0.3) is 11.1 Å². The number of hydrogen-bond acceptors (Lipinski definition) is 5. The molecule has 0 bridgehead atoms. The van der Waals surface area contributed by atoms with Crippen molar-refractivity contribution in [1.82, 2.24) is 15.5 Å². The molecule has 0 aliphatic rings. The number of urea groups is 1. The van der Waals surface area contributed by atoms with Gasteiger partial charge in [-0.1, -0.05) is 99.6 Å². The van der Waals surface area contributed by atoms with E-state index in [0.29, 0.717) is 11.1 Å². The highest BCUT2D eigenvalue weighted by molar-refractivity contribution is 6.00. The summed E-state index contributed by atoms with van der Waals surface area (Å²) in [6.45, 7) is 18.2. The quantitative estimate of drug-likeness (QED) is 0.164. The van der Waals surface area contributed by atoms with Crippen LogP contribution in [-0.4, -0.2) is 55.5 Å². The Balaban J connectivity index is 2.15. The topological polar surface area (TPSA) is 108 Å². The molecule has 0 aromatic heterocycles. The fourth-order valence-corrected chi connectivity index (χ4v) is 6.53. The lowest BCUT2D eigenvalue weighted by Crippen LogP contribution is -2.63. The maximum Gasteiger partial charge on any atom is 0.324 e. The zero-order valence-corrected chi connectivity index (χ0v) is 29.5. The van der Waals surface area contributed by atoms with Crippen LogP contribution in [0.2, 0.25) is 0 Å². The number of nitrogens with one attached hydrogen (secondary N) is 2. The van der Waals surface area contributed by atoms with Crippen molar-refractivity contribution in [2.45, 2.75) is 103 Å². The molecule has 0 heterocycles. The summed E-state index contributed by atoms with van der Waals surface area (Å²) >= 11 is 0. The number of carbonyl (C=O) groups excluding carboxylic acids is 2. The fourth-order valence-electron chi connectivity index (χ4n) is 6.25. The van der Waals surface area contributed by atoms with Crippen LogP contribution in [0, 0.1) is 0 Å². The molecule has 1 unspecified atom stereocenters. The molecule has 3 radical (unpaired) electrons. The summed E-state index contributed by atoms with van der Waals surface area (Å²) in [7, 11) is 3.31. The average Bonchev–Trinajstić information content (AvgIpc) is 2.96. The van der Waals surface area contributed by atoms with E-state index < -0.39 is 40.8 Å². The van der Waals surface area contributed by atoms with Gasteiger partial charge < -0.3 is 14.8 Å². The maximum atomic E-state index is 13.9. The molecule has 3 amide bonds. The van der Waals surface area contributed by atoms with Crippen LogP contribution in [-0.2, 0) is 25.2 Å². The van der Waals surface area contributed by atoms with Gasteiger partial charge in [0.2, 0.25) is 5.91 Å². The van der Waals surface area contributed by atoms with Crippen molar-refractivity contribution in [3.05, 3.63) is 95.6 Å². The van der Waals surface area contributed by atoms with Gasteiger partial charge >= 0.3 is 12.0 Å². The monoisotopic (exact) mass is 642 g/mol. The van der Waals surface area contributed by atoms with Crippen molar-refractivity contribution >= 4 is 28.4 Å². The fraction of sp³-hybridized carbons (Fsp3) is 0.432. The number of carboxylic acids is 1. The molecule has 46 heavy (non-hydrogen) atoms. The van der Waals surface area contributed by atoms with Crippen LogP contribution >= 0.6 is 0 Å². The van der Waals surface area contributed by atoms with Gasteiger partial charge in [0.15, 0.2) is 5.72 Å². The second kappa shape index (κ2) is 14.3. The number of hydrogen-bond donors (Lipinski definition) is 3. The first-order chi connectivity index (χ1) is 21.3. The van der Waals surface area contributed by atoms with Gasteiger partial charge in [-0.3, -0.25) is 19.8 Å². The van der Waals surface area contributed by atoms with Gasteiger partial charge in [-0.05, 0) is 70.1 Å². The molecule has 245 valence electrons. The van der Waals surface area contributed by atoms with E-state index in [0.717, 1.165) is 16.7 Å². The Morgan fingerprint density at radius 2 is 1.35 bits per heavy atom. The van der Waals surface area contributed by atoms with Crippen molar-refractivity contribution in [2.24, 2.45) is 0 Å². The first-order valence-corrected chi connectivity index (χ1v) is 16.0. The summed E-state index contributed by atoms with van der Waals surface area (Å²) in [5.74, 6) is -1.63. The molecule has 0 fully saturated rings. The van der Waals surface area contributed by atoms with E-state index in [-0.39, 0.29) is 18.3 Å². The smallest absolute Gasteiger partial charge is 0.324 e. The van der Waals surface area contributed by atoms with Crippen LogP contribution in [0.1, 0.15) is 91.8 Å². The summed E-state index contributed by atoms with van der Waals surface area (Å²) in [4.78, 5) is 41.4. The standard InChI is InChI=1S/C37H48N3O5Si/c1-34(2,3)27-20-21-29(28(24-27)25-16-12-10-13-17-25)37(45-46,26-18-14-11-15-19-26)39-33(44)38-32(43)30(22-23-31(41)42)40(35(4,5)6)36(7,8)9/h10-21,24,30H,22-23H2,1-9H3,(H,41,42)(H2,38,39,43,44)/t30-,37?/m0/s1. The van der Waals surface area contributed by atoms with E-state index in [2.05, 4.69) is 48.0 Å². The van der Waals surface area contributed by atoms with Gasteiger partial charge in [0, 0.05) is 28.6 Å². The Morgan fingerprint density at radius 1 is 0.804 bits per heavy atom. The van der Waals surface area contributed by atoms with Crippen LogP contribution in [0.4, 0.5) is 4.79 Å². The van der Waals surface area contributed by atoms with Gasteiger partial charge in [-0.15, -0.1) is 0 Å².